The molecule has 0 unspecified atom stereocenters. The van der Waals surface area contributed by atoms with Gasteiger partial charge in [0.2, 0.25) is 0 Å². The van der Waals surface area contributed by atoms with E-state index in [0.29, 0.717) is 28.6 Å². The summed E-state index contributed by atoms with van der Waals surface area (Å²) >= 11 is 1.07. The number of amides is 1. The summed E-state index contributed by atoms with van der Waals surface area (Å²) in [4.78, 5) is 18.1. The van der Waals surface area contributed by atoms with Crippen LogP contribution in [0.5, 0.6) is 17.2 Å². The molecule has 1 aromatic heterocycles. The zero-order chi connectivity index (χ0) is 22.2. The molecule has 9 nitrogen and oxygen atoms in total. The molecule has 2 aromatic carbocycles. The number of anilines is 1. The van der Waals surface area contributed by atoms with Crippen LogP contribution in [0.15, 0.2) is 53.4 Å². The van der Waals surface area contributed by atoms with Crippen molar-refractivity contribution < 1.29 is 28.6 Å². The zero-order valence-corrected chi connectivity index (χ0v) is 18.1. The maximum absolute atomic E-state index is 12.7. The molecule has 3 N–H and O–H groups in total. The Kier molecular flexibility index (Phi) is 7.90. The number of rotatable bonds is 10. The third-order valence-corrected chi connectivity index (χ3v) is 4.61. The van der Waals surface area contributed by atoms with Crippen LogP contribution in [0, 0.1) is 6.92 Å². The lowest BCUT2D eigenvalue weighted by molar-refractivity contribution is -0.160. The van der Waals surface area contributed by atoms with Gasteiger partial charge in [-0.1, -0.05) is 0 Å². The number of aliphatic hydroxyl groups excluding tert-OH is 1. The highest BCUT2D eigenvalue weighted by Crippen LogP contribution is 2.30. The van der Waals surface area contributed by atoms with Gasteiger partial charge in [-0.2, -0.15) is 9.43 Å². The lowest BCUT2D eigenvalue weighted by atomic mass is 10.2. The maximum Gasteiger partial charge on any atom is 0.257 e. The standard InChI is InChI=1S/C21H23N3O6S/c1-13-8-20(24-23-13)22-21(26)15-9-17(28-14(2)12-25)11-18(10-15)29-16-4-6-19(7-5-16)31-30-27-3/h4-11,14,25H,12H2,1-3H3,(H2,22,23,24,26)/t14-/m0/s1. The Labute approximate surface area is 183 Å². The number of aliphatic hydroxyl groups is 1. The minimum atomic E-state index is -0.447. The summed E-state index contributed by atoms with van der Waals surface area (Å²) in [6.45, 7) is 3.39. The summed E-state index contributed by atoms with van der Waals surface area (Å²) in [6.07, 6.45) is -0.447. The number of hydrogen-bond donors (Lipinski definition) is 3. The van der Waals surface area contributed by atoms with Gasteiger partial charge in [0, 0.05) is 28.3 Å². The lowest BCUT2D eigenvalue weighted by Gasteiger charge is -2.15. The van der Waals surface area contributed by atoms with Crippen molar-refractivity contribution in [2.24, 2.45) is 0 Å². The third-order valence-electron chi connectivity index (χ3n) is 3.94. The molecule has 1 amide bonds. The average Bonchev–Trinajstić information content (AvgIpc) is 3.17. The minimum Gasteiger partial charge on any atom is -0.488 e. The van der Waals surface area contributed by atoms with Crippen LogP contribution in [-0.2, 0) is 9.22 Å². The van der Waals surface area contributed by atoms with Crippen LogP contribution >= 0.6 is 12.0 Å². The van der Waals surface area contributed by atoms with Gasteiger partial charge in [0.05, 0.1) is 25.8 Å². The van der Waals surface area contributed by atoms with Crippen LogP contribution in [0.25, 0.3) is 0 Å². The van der Waals surface area contributed by atoms with Crippen LogP contribution in [0.1, 0.15) is 23.0 Å². The fourth-order valence-electron chi connectivity index (χ4n) is 2.54. The minimum absolute atomic E-state index is 0.165. The predicted octanol–water partition coefficient (Wildman–Crippen LogP) is 4.11. The topological polar surface area (TPSA) is 115 Å². The number of H-pyrrole nitrogens is 1. The maximum atomic E-state index is 12.7. The number of nitrogens with zero attached hydrogens (tertiary/aromatic N) is 1. The lowest BCUT2D eigenvalue weighted by Crippen LogP contribution is -2.17. The second-order valence-electron chi connectivity index (χ2n) is 6.59. The normalized spacial score (nSPS) is 11.7. The number of aromatic amines is 1. The molecule has 1 heterocycles. The number of carbonyl (C=O) groups excluding carboxylic acids is 1. The number of carbonyl (C=O) groups is 1. The second kappa shape index (κ2) is 10.8. The first-order valence-electron chi connectivity index (χ1n) is 9.38. The molecule has 0 spiro atoms. The van der Waals surface area contributed by atoms with Crippen LogP contribution < -0.4 is 14.8 Å². The highest BCUT2D eigenvalue weighted by molar-refractivity contribution is 7.94. The number of benzene rings is 2. The van der Waals surface area contributed by atoms with Crippen LogP contribution in [-0.4, -0.2) is 41.0 Å². The van der Waals surface area contributed by atoms with Gasteiger partial charge in [-0.25, -0.2) is 4.89 Å². The smallest absolute Gasteiger partial charge is 0.257 e. The van der Waals surface area contributed by atoms with E-state index in [1.807, 2.05) is 6.92 Å². The summed E-state index contributed by atoms with van der Waals surface area (Å²) in [5, 5.41) is 18.8. The summed E-state index contributed by atoms with van der Waals surface area (Å²) in [5.41, 5.74) is 1.14. The third kappa shape index (κ3) is 6.72. The quantitative estimate of drug-likeness (QED) is 0.243. The Morgan fingerprint density at radius 3 is 2.55 bits per heavy atom. The largest absolute Gasteiger partial charge is 0.488 e. The molecule has 3 rings (SSSR count). The Bertz CT molecular complexity index is 1010. The Hall–Kier alpha value is -3.05. The molecule has 0 radical (unpaired) electrons. The Balaban J connectivity index is 1.81. The van der Waals surface area contributed by atoms with Gasteiger partial charge in [0.15, 0.2) is 5.82 Å². The van der Waals surface area contributed by atoms with Crippen LogP contribution in [0.4, 0.5) is 5.82 Å². The summed E-state index contributed by atoms with van der Waals surface area (Å²) in [5.74, 6) is 1.39. The van der Waals surface area contributed by atoms with Gasteiger partial charge in [-0.05, 0) is 50.2 Å². The van der Waals surface area contributed by atoms with Crippen molar-refractivity contribution in [1.82, 2.24) is 10.2 Å². The fraction of sp³-hybridized carbons (Fsp3) is 0.238. The Morgan fingerprint density at radius 2 is 1.90 bits per heavy atom. The van der Waals surface area contributed by atoms with Crippen molar-refractivity contribution in [3.63, 3.8) is 0 Å². The molecule has 10 heteroatoms. The molecule has 0 aliphatic rings. The van der Waals surface area contributed by atoms with E-state index in [1.54, 1.807) is 55.5 Å². The molecule has 0 saturated carbocycles. The van der Waals surface area contributed by atoms with E-state index >= 15 is 0 Å². The van der Waals surface area contributed by atoms with E-state index in [1.165, 1.54) is 7.11 Å². The van der Waals surface area contributed by atoms with Gasteiger partial charge >= 0.3 is 0 Å². The van der Waals surface area contributed by atoms with Crippen molar-refractivity contribution in [2.45, 2.75) is 24.8 Å². The fourth-order valence-corrected chi connectivity index (χ4v) is 2.94. The molecule has 31 heavy (non-hydrogen) atoms. The number of aromatic nitrogens is 2. The zero-order valence-electron chi connectivity index (χ0n) is 17.2. The summed E-state index contributed by atoms with van der Waals surface area (Å²) < 4.78 is 16.4. The van der Waals surface area contributed by atoms with Crippen LogP contribution in [0.3, 0.4) is 0 Å². The Morgan fingerprint density at radius 1 is 1.16 bits per heavy atom. The molecule has 0 saturated heterocycles. The molecule has 164 valence electrons. The van der Waals surface area contributed by atoms with Crippen molar-refractivity contribution in [2.75, 3.05) is 19.0 Å². The predicted molar refractivity (Wildman–Crippen MR) is 115 cm³/mol. The summed E-state index contributed by atoms with van der Waals surface area (Å²) in [6, 6.07) is 13.7. The second-order valence-corrected chi connectivity index (χ2v) is 7.36. The van der Waals surface area contributed by atoms with Crippen LogP contribution in [0.2, 0.25) is 0 Å². The van der Waals surface area contributed by atoms with Gasteiger partial charge in [-0.15, -0.1) is 0 Å². The average molecular weight is 445 g/mol. The van der Waals surface area contributed by atoms with E-state index in [9.17, 15) is 9.90 Å². The molecule has 0 aliphatic carbocycles. The van der Waals surface area contributed by atoms with Gasteiger partial charge in [0.1, 0.15) is 23.4 Å². The van der Waals surface area contributed by atoms with Crippen molar-refractivity contribution in [1.29, 1.82) is 0 Å². The van der Waals surface area contributed by atoms with Crippen molar-refractivity contribution >= 4 is 23.8 Å². The number of nitrogens with one attached hydrogen (secondary N) is 2. The molecule has 0 aliphatic heterocycles. The molecule has 0 bridgehead atoms. The van der Waals surface area contributed by atoms with Gasteiger partial charge in [-0.3, -0.25) is 9.89 Å². The number of ether oxygens (including phenoxy) is 2. The molecule has 1 atom stereocenters. The van der Waals surface area contributed by atoms with E-state index in [4.69, 9.17) is 13.8 Å². The van der Waals surface area contributed by atoms with Gasteiger partial charge in [0.25, 0.3) is 5.91 Å². The highest BCUT2D eigenvalue weighted by atomic mass is 32.2. The van der Waals surface area contributed by atoms with E-state index in [-0.39, 0.29) is 12.5 Å². The molecular formula is C21H23N3O6S. The number of hydrogen-bond acceptors (Lipinski definition) is 8. The molecular weight excluding hydrogens is 422 g/mol. The first kappa shape index (κ1) is 22.6. The number of aryl methyl sites for hydroxylation is 1. The first-order valence-corrected chi connectivity index (χ1v) is 10.1. The van der Waals surface area contributed by atoms with Crippen molar-refractivity contribution in [3.05, 3.63) is 59.8 Å². The highest BCUT2D eigenvalue weighted by Gasteiger charge is 2.14. The summed E-state index contributed by atoms with van der Waals surface area (Å²) in [7, 11) is 1.43. The monoisotopic (exact) mass is 445 g/mol. The van der Waals surface area contributed by atoms with E-state index < -0.39 is 6.10 Å². The molecule has 3 aromatic rings. The van der Waals surface area contributed by atoms with Crippen molar-refractivity contribution in [3.8, 4) is 17.2 Å². The van der Waals surface area contributed by atoms with Gasteiger partial charge < -0.3 is 19.9 Å². The first-order chi connectivity index (χ1) is 15.0. The van der Waals surface area contributed by atoms with E-state index in [2.05, 4.69) is 20.4 Å². The van der Waals surface area contributed by atoms with E-state index in [0.717, 1.165) is 22.6 Å². The molecule has 0 fully saturated rings. The SMILES string of the molecule is COOSc1ccc(Oc2cc(O[C@@H](C)CO)cc(C(=O)Nc3cc(C)[nH]n3)c2)cc1.